The van der Waals surface area contributed by atoms with Crippen LogP contribution in [0.15, 0.2) is 46.9 Å². The van der Waals surface area contributed by atoms with Crippen molar-refractivity contribution < 1.29 is 9.13 Å². The maximum absolute atomic E-state index is 13.9. The molecule has 0 aliphatic rings. The summed E-state index contributed by atoms with van der Waals surface area (Å²) in [7, 11) is 0. The van der Waals surface area contributed by atoms with E-state index in [0.717, 1.165) is 16.6 Å². The molecule has 0 bridgehead atoms. The Morgan fingerprint density at radius 3 is 2.74 bits per heavy atom. The lowest BCUT2D eigenvalue weighted by Gasteiger charge is -2.12. The van der Waals surface area contributed by atoms with Crippen molar-refractivity contribution in [3.8, 4) is 11.5 Å². The highest BCUT2D eigenvalue weighted by Crippen LogP contribution is 2.29. The van der Waals surface area contributed by atoms with Crippen LogP contribution in [0.25, 0.3) is 0 Å². The van der Waals surface area contributed by atoms with E-state index in [-0.39, 0.29) is 11.6 Å². The molecule has 1 N–H and O–H groups in total. The summed E-state index contributed by atoms with van der Waals surface area (Å²) in [6.07, 6.45) is 0. The van der Waals surface area contributed by atoms with Gasteiger partial charge in [-0.3, -0.25) is 0 Å². The Morgan fingerprint density at radius 1 is 1.21 bits per heavy atom. The number of ether oxygens (including phenoxy) is 1. The lowest BCUT2D eigenvalue weighted by molar-refractivity contribution is 0.433. The van der Waals surface area contributed by atoms with Gasteiger partial charge in [-0.25, -0.2) is 4.39 Å². The van der Waals surface area contributed by atoms with Crippen LogP contribution in [0.1, 0.15) is 12.5 Å². The highest BCUT2D eigenvalue weighted by atomic mass is 79.9. The van der Waals surface area contributed by atoms with Crippen LogP contribution >= 0.6 is 15.9 Å². The van der Waals surface area contributed by atoms with Gasteiger partial charge >= 0.3 is 0 Å². The molecule has 2 nitrogen and oxygen atoms in total. The molecule has 0 saturated heterocycles. The Kier molecular flexibility index (Phi) is 4.93. The summed E-state index contributed by atoms with van der Waals surface area (Å²) in [5.41, 5.74) is 0.807. The molecular weight excluding hydrogens is 309 g/mol. The Balaban J connectivity index is 2.27. The zero-order chi connectivity index (χ0) is 13.7. The summed E-state index contributed by atoms with van der Waals surface area (Å²) >= 11 is 3.37. The van der Waals surface area contributed by atoms with Gasteiger partial charge in [-0.15, -0.1) is 0 Å². The quantitative estimate of drug-likeness (QED) is 0.875. The molecule has 2 aromatic carbocycles. The molecular formula is C15H15BrFNO. The Labute approximate surface area is 120 Å². The van der Waals surface area contributed by atoms with Crippen molar-refractivity contribution in [2.75, 3.05) is 6.54 Å². The fourth-order valence-electron chi connectivity index (χ4n) is 1.72. The minimum Gasteiger partial charge on any atom is -0.454 e. The topological polar surface area (TPSA) is 21.3 Å². The van der Waals surface area contributed by atoms with Gasteiger partial charge in [0.2, 0.25) is 0 Å². The van der Waals surface area contributed by atoms with Crippen LogP contribution in [0.3, 0.4) is 0 Å². The maximum Gasteiger partial charge on any atom is 0.167 e. The average molecular weight is 324 g/mol. The maximum atomic E-state index is 13.9. The summed E-state index contributed by atoms with van der Waals surface area (Å²) in [6, 6.07) is 12.3. The van der Waals surface area contributed by atoms with Gasteiger partial charge in [0, 0.05) is 16.6 Å². The number of halogens is 2. The fourth-order valence-corrected chi connectivity index (χ4v) is 2.09. The van der Waals surface area contributed by atoms with Crippen LogP contribution in [0.5, 0.6) is 11.5 Å². The van der Waals surface area contributed by atoms with Crippen LogP contribution in [-0.4, -0.2) is 6.54 Å². The third-order valence-corrected chi connectivity index (χ3v) is 3.12. The highest BCUT2D eigenvalue weighted by Gasteiger charge is 2.10. The first-order valence-corrected chi connectivity index (χ1v) is 6.91. The van der Waals surface area contributed by atoms with E-state index in [1.807, 2.05) is 31.2 Å². The molecule has 0 saturated carbocycles. The van der Waals surface area contributed by atoms with E-state index in [4.69, 9.17) is 4.74 Å². The summed E-state index contributed by atoms with van der Waals surface area (Å²) in [6.45, 7) is 3.42. The van der Waals surface area contributed by atoms with E-state index in [1.165, 1.54) is 6.07 Å². The largest absolute Gasteiger partial charge is 0.454 e. The second-order valence-corrected chi connectivity index (χ2v) is 4.98. The first-order chi connectivity index (χ1) is 9.20. The minimum atomic E-state index is -0.352. The molecule has 0 atom stereocenters. The van der Waals surface area contributed by atoms with Gasteiger partial charge in [-0.1, -0.05) is 41.1 Å². The van der Waals surface area contributed by atoms with Crippen LogP contribution in [0.4, 0.5) is 4.39 Å². The molecule has 0 unspecified atom stereocenters. The van der Waals surface area contributed by atoms with E-state index in [2.05, 4.69) is 21.2 Å². The molecule has 0 aliphatic carbocycles. The number of hydrogen-bond acceptors (Lipinski definition) is 2. The van der Waals surface area contributed by atoms with Gasteiger partial charge in [0.15, 0.2) is 11.6 Å². The van der Waals surface area contributed by atoms with E-state index in [0.29, 0.717) is 12.3 Å². The monoisotopic (exact) mass is 323 g/mol. The number of hydrogen-bond donors (Lipinski definition) is 1. The van der Waals surface area contributed by atoms with Gasteiger partial charge in [0.1, 0.15) is 5.75 Å². The molecule has 0 amide bonds. The predicted octanol–water partition coefficient (Wildman–Crippen LogP) is 4.49. The zero-order valence-corrected chi connectivity index (χ0v) is 12.2. The predicted molar refractivity (Wildman–Crippen MR) is 78.0 cm³/mol. The van der Waals surface area contributed by atoms with Gasteiger partial charge in [0.05, 0.1) is 0 Å². The summed E-state index contributed by atoms with van der Waals surface area (Å²) in [5, 5.41) is 3.17. The van der Waals surface area contributed by atoms with Crippen molar-refractivity contribution in [1.29, 1.82) is 0 Å². The number of rotatable bonds is 5. The standard InChI is InChI=1S/C15H15BrFNO/c1-2-18-10-11-5-3-8-14(17)15(11)19-13-7-4-6-12(16)9-13/h3-9,18H,2,10H2,1H3. The molecule has 19 heavy (non-hydrogen) atoms. The van der Waals surface area contributed by atoms with Crippen LogP contribution in [0, 0.1) is 5.82 Å². The molecule has 0 aromatic heterocycles. The molecule has 0 spiro atoms. The third kappa shape index (κ3) is 3.78. The lowest BCUT2D eigenvalue weighted by atomic mass is 10.2. The highest BCUT2D eigenvalue weighted by molar-refractivity contribution is 9.10. The van der Waals surface area contributed by atoms with E-state index in [1.54, 1.807) is 12.1 Å². The Morgan fingerprint density at radius 2 is 2.00 bits per heavy atom. The molecule has 2 rings (SSSR count). The van der Waals surface area contributed by atoms with E-state index < -0.39 is 0 Å². The molecule has 0 heterocycles. The summed E-state index contributed by atoms with van der Waals surface area (Å²) in [5.74, 6) is 0.536. The van der Waals surface area contributed by atoms with Crippen LogP contribution < -0.4 is 10.1 Å². The average Bonchev–Trinajstić information content (AvgIpc) is 2.39. The first-order valence-electron chi connectivity index (χ1n) is 6.12. The molecule has 4 heteroatoms. The third-order valence-electron chi connectivity index (χ3n) is 2.63. The van der Waals surface area contributed by atoms with Crippen LogP contribution in [0.2, 0.25) is 0 Å². The normalized spacial score (nSPS) is 10.5. The second kappa shape index (κ2) is 6.68. The minimum absolute atomic E-state index is 0.279. The van der Waals surface area contributed by atoms with Crippen molar-refractivity contribution in [2.24, 2.45) is 0 Å². The van der Waals surface area contributed by atoms with E-state index in [9.17, 15) is 4.39 Å². The second-order valence-electron chi connectivity index (χ2n) is 4.07. The van der Waals surface area contributed by atoms with Crippen molar-refractivity contribution in [1.82, 2.24) is 5.32 Å². The molecule has 0 fully saturated rings. The van der Waals surface area contributed by atoms with Crippen LogP contribution in [-0.2, 0) is 6.54 Å². The van der Waals surface area contributed by atoms with Gasteiger partial charge in [0.25, 0.3) is 0 Å². The van der Waals surface area contributed by atoms with E-state index >= 15 is 0 Å². The van der Waals surface area contributed by atoms with Gasteiger partial charge in [-0.05, 0) is 30.8 Å². The van der Waals surface area contributed by atoms with Crippen molar-refractivity contribution >= 4 is 15.9 Å². The first kappa shape index (κ1) is 14.0. The molecule has 2 aromatic rings. The SMILES string of the molecule is CCNCc1cccc(F)c1Oc1cccc(Br)c1. The molecule has 100 valence electrons. The van der Waals surface area contributed by atoms with Gasteiger partial charge < -0.3 is 10.1 Å². The zero-order valence-electron chi connectivity index (χ0n) is 10.6. The fraction of sp³-hybridized carbons (Fsp3) is 0.200. The summed E-state index contributed by atoms with van der Waals surface area (Å²) < 4.78 is 20.5. The van der Waals surface area contributed by atoms with Crippen molar-refractivity contribution in [2.45, 2.75) is 13.5 Å². The number of nitrogens with one attached hydrogen (secondary N) is 1. The van der Waals surface area contributed by atoms with Gasteiger partial charge in [-0.2, -0.15) is 0 Å². The molecule has 0 radical (unpaired) electrons. The lowest BCUT2D eigenvalue weighted by Crippen LogP contribution is -2.12. The summed E-state index contributed by atoms with van der Waals surface area (Å²) in [4.78, 5) is 0. The molecule has 0 aliphatic heterocycles. The Bertz CT molecular complexity index is 560. The Hall–Kier alpha value is -1.39. The smallest absolute Gasteiger partial charge is 0.167 e. The number of para-hydroxylation sites is 1. The van der Waals surface area contributed by atoms with Crippen molar-refractivity contribution in [3.63, 3.8) is 0 Å². The number of benzene rings is 2. The van der Waals surface area contributed by atoms with Crippen molar-refractivity contribution in [3.05, 3.63) is 58.3 Å².